The molecule has 1 aromatic heterocycles. The van der Waals surface area contributed by atoms with Crippen molar-refractivity contribution in [2.24, 2.45) is 23.7 Å². The van der Waals surface area contributed by atoms with Gasteiger partial charge >= 0.3 is 0 Å². The molecule has 197 valence electrons. The number of aliphatic hydroxyl groups is 2. The maximum atomic E-state index is 10.5. The van der Waals surface area contributed by atoms with Gasteiger partial charge in [-0.25, -0.2) is 0 Å². The van der Waals surface area contributed by atoms with Crippen molar-refractivity contribution in [1.29, 1.82) is 0 Å². The normalized spacial score (nSPS) is 25.3. The number of benzene rings is 2. The second-order valence-electron chi connectivity index (χ2n) is 10.8. The third-order valence-corrected chi connectivity index (χ3v) is 8.55. The van der Waals surface area contributed by atoms with Crippen LogP contribution in [0, 0.1) is 29.7 Å². The molecule has 1 heterocycles. The van der Waals surface area contributed by atoms with Crippen LogP contribution in [0.2, 0.25) is 0 Å². The van der Waals surface area contributed by atoms with Crippen LogP contribution in [0.1, 0.15) is 77.7 Å². The van der Waals surface area contributed by atoms with Gasteiger partial charge in [-0.15, -0.1) is 35.9 Å². The van der Waals surface area contributed by atoms with Crippen molar-refractivity contribution in [1.82, 2.24) is 4.98 Å². The minimum atomic E-state index is -0.249. The molecule has 2 N–H and O–H groups in total. The minimum Gasteiger partial charge on any atom is -0.393 e. The molecule has 2 aliphatic rings. The van der Waals surface area contributed by atoms with Crippen LogP contribution < -0.4 is 0 Å². The first-order chi connectivity index (χ1) is 16.9. The van der Waals surface area contributed by atoms with Gasteiger partial charge in [0.05, 0.1) is 17.7 Å². The number of aliphatic hydroxyl groups excluding tert-OH is 2. The van der Waals surface area contributed by atoms with Crippen LogP contribution in [-0.4, -0.2) is 27.4 Å². The first-order valence-corrected chi connectivity index (χ1v) is 13.7. The Labute approximate surface area is 231 Å². The predicted molar refractivity (Wildman–Crippen MR) is 145 cm³/mol. The van der Waals surface area contributed by atoms with E-state index in [1.54, 1.807) is 0 Å². The van der Waals surface area contributed by atoms with E-state index >= 15 is 0 Å². The molecule has 3 nitrogen and oxygen atoms in total. The number of aromatic nitrogens is 1. The smallest absolute Gasteiger partial charge is 0.0626 e. The quantitative estimate of drug-likeness (QED) is 0.280. The molecule has 5 unspecified atom stereocenters. The van der Waals surface area contributed by atoms with Crippen LogP contribution in [0.25, 0.3) is 22.2 Å². The molecule has 5 rings (SSSR count). The molecule has 2 aliphatic carbocycles. The molecule has 4 heteroatoms. The average Bonchev–Trinajstić information content (AvgIpc) is 3.27. The Kier molecular flexibility index (Phi) is 10.7. The van der Waals surface area contributed by atoms with E-state index < -0.39 is 0 Å². The molecule has 2 fully saturated rings. The summed E-state index contributed by atoms with van der Waals surface area (Å²) >= 11 is 0. The summed E-state index contributed by atoms with van der Waals surface area (Å²) < 4.78 is 0. The third-order valence-electron chi connectivity index (χ3n) is 8.55. The first kappa shape index (κ1) is 29.0. The number of fused-ring (bicyclic) bond motifs is 2. The van der Waals surface area contributed by atoms with E-state index in [4.69, 9.17) is 4.98 Å². The monoisotopic (exact) mass is 665 g/mol. The fraction of sp³-hybridized carbons (Fsp3) is 0.531. The SMILES string of the molecule is CC(C)c1cccc2nc(-c3[c-]cccc3)ccc12.CCC(CC)C1CCC2CCC(O)C2C1O.[Ir]. The van der Waals surface area contributed by atoms with Crippen molar-refractivity contribution in [2.45, 2.75) is 84.3 Å². The van der Waals surface area contributed by atoms with E-state index in [9.17, 15) is 10.2 Å². The number of rotatable bonds is 5. The number of hydrogen-bond donors (Lipinski definition) is 2. The van der Waals surface area contributed by atoms with Gasteiger partial charge in [-0.1, -0.05) is 64.8 Å². The van der Waals surface area contributed by atoms with Gasteiger partial charge in [0.1, 0.15) is 0 Å². The number of hydrogen-bond acceptors (Lipinski definition) is 3. The van der Waals surface area contributed by atoms with Gasteiger partial charge in [0.2, 0.25) is 0 Å². The molecular formula is C32H42IrNO2-. The van der Waals surface area contributed by atoms with Crippen LogP contribution in [0.15, 0.2) is 54.6 Å². The summed E-state index contributed by atoms with van der Waals surface area (Å²) in [7, 11) is 0. The van der Waals surface area contributed by atoms with Crippen LogP contribution in [0.4, 0.5) is 0 Å². The molecule has 0 spiro atoms. The summed E-state index contributed by atoms with van der Waals surface area (Å²) in [4.78, 5) is 4.76. The summed E-state index contributed by atoms with van der Waals surface area (Å²) in [5.41, 5.74) is 4.43. The molecule has 36 heavy (non-hydrogen) atoms. The van der Waals surface area contributed by atoms with Crippen molar-refractivity contribution in [3.63, 3.8) is 0 Å². The molecule has 0 saturated heterocycles. The molecular weight excluding hydrogens is 623 g/mol. The minimum absolute atomic E-state index is 0. The topological polar surface area (TPSA) is 53.4 Å². The average molecular weight is 665 g/mol. The first-order valence-electron chi connectivity index (χ1n) is 13.7. The van der Waals surface area contributed by atoms with Crippen molar-refractivity contribution >= 4 is 10.9 Å². The summed E-state index contributed by atoms with van der Waals surface area (Å²) in [6, 6.07) is 21.8. The molecule has 0 aliphatic heterocycles. The summed E-state index contributed by atoms with van der Waals surface area (Å²) in [5.74, 6) is 2.36. The zero-order valence-corrected chi connectivity index (χ0v) is 24.6. The molecule has 1 radical (unpaired) electrons. The van der Waals surface area contributed by atoms with Gasteiger partial charge < -0.3 is 10.2 Å². The van der Waals surface area contributed by atoms with Crippen LogP contribution in [0.5, 0.6) is 0 Å². The maximum Gasteiger partial charge on any atom is 0.0626 e. The van der Waals surface area contributed by atoms with E-state index in [0.29, 0.717) is 23.7 Å². The van der Waals surface area contributed by atoms with E-state index in [-0.39, 0.29) is 38.2 Å². The van der Waals surface area contributed by atoms with Gasteiger partial charge in [0.25, 0.3) is 0 Å². The number of pyridine rings is 1. The van der Waals surface area contributed by atoms with E-state index in [1.807, 2.05) is 24.3 Å². The molecule has 5 atom stereocenters. The summed E-state index contributed by atoms with van der Waals surface area (Å²) in [6.07, 6.45) is 6.25. The van der Waals surface area contributed by atoms with E-state index in [2.05, 4.69) is 64.1 Å². The Morgan fingerprint density at radius 3 is 2.33 bits per heavy atom. The van der Waals surface area contributed by atoms with Gasteiger partial charge in [-0.05, 0) is 66.7 Å². The third kappa shape index (κ3) is 6.27. The fourth-order valence-electron chi connectivity index (χ4n) is 6.58. The van der Waals surface area contributed by atoms with E-state index in [1.165, 1.54) is 23.8 Å². The van der Waals surface area contributed by atoms with Crippen LogP contribution in [-0.2, 0) is 20.1 Å². The van der Waals surface area contributed by atoms with Gasteiger partial charge in [0, 0.05) is 31.4 Å². The Bertz CT molecular complexity index is 1080. The van der Waals surface area contributed by atoms with Crippen LogP contribution in [0.3, 0.4) is 0 Å². The number of nitrogens with zero attached hydrogens (tertiary/aromatic N) is 1. The van der Waals surface area contributed by atoms with Crippen LogP contribution >= 0.6 is 0 Å². The maximum absolute atomic E-state index is 10.5. The molecule has 2 aromatic carbocycles. The van der Waals surface area contributed by atoms with Gasteiger partial charge in [-0.3, -0.25) is 4.98 Å². The van der Waals surface area contributed by atoms with E-state index in [0.717, 1.165) is 42.5 Å². The Morgan fingerprint density at radius 1 is 0.917 bits per heavy atom. The second-order valence-corrected chi connectivity index (χ2v) is 10.8. The standard InChI is InChI=1S/C18H16N.C14H26O2.Ir/c1-13(2)15-9-6-10-18-16(15)11-12-17(19-18)14-7-4-3-5-8-14;1-3-9(4-2)11-7-5-10-6-8-12(15)13(10)14(11)16;/h3-7,9-13H,1-2H3;9-16H,3-8H2,1-2H3;/q-1;;. The van der Waals surface area contributed by atoms with Crippen molar-refractivity contribution in [3.8, 4) is 11.3 Å². The fourth-order valence-corrected chi connectivity index (χ4v) is 6.58. The Morgan fingerprint density at radius 2 is 1.67 bits per heavy atom. The summed E-state index contributed by atoms with van der Waals surface area (Å²) in [5, 5.41) is 21.7. The zero-order chi connectivity index (χ0) is 24.9. The second kappa shape index (κ2) is 13.3. The Balaban J connectivity index is 0.000000198. The summed E-state index contributed by atoms with van der Waals surface area (Å²) in [6.45, 7) is 8.87. The van der Waals surface area contributed by atoms with Crippen molar-refractivity contribution < 1.29 is 30.3 Å². The van der Waals surface area contributed by atoms with Gasteiger partial charge in [-0.2, -0.15) is 0 Å². The predicted octanol–water partition coefficient (Wildman–Crippen LogP) is 7.40. The largest absolute Gasteiger partial charge is 0.393 e. The van der Waals surface area contributed by atoms with Crippen molar-refractivity contribution in [3.05, 3.63) is 66.2 Å². The Hall–Kier alpha value is -1.58. The van der Waals surface area contributed by atoms with Gasteiger partial charge in [0.15, 0.2) is 0 Å². The molecule has 3 aromatic rings. The molecule has 0 bridgehead atoms. The van der Waals surface area contributed by atoms with Crippen molar-refractivity contribution in [2.75, 3.05) is 0 Å². The zero-order valence-electron chi connectivity index (χ0n) is 22.2. The molecule has 2 saturated carbocycles. The molecule has 0 amide bonds.